The lowest BCUT2D eigenvalue weighted by Crippen LogP contribution is -2.41. The van der Waals surface area contributed by atoms with Crippen LogP contribution in [-0.4, -0.2) is 24.0 Å². The number of nitrogens with one attached hydrogen (secondary N) is 1. The lowest BCUT2D eigenvalue weighted by Gasteiger charge is -2.31. The molecule has 1 unspecified atom stereocenters. The van der Waals surface area contributed by atoms with E-state index in [0.29, 0.717) is 11.6 Å². The highest BCUT2D eigenvalue weighted by molar-refractivity contribution is 5.90. The highest BCUT2D eigenvalue weighted by Crippen LogP contribution is 2.19. The number of piperidine rings is 1. The molecule has 0 aromatic heterocycles. The summed E-state index contributed by atoms with van der Waals surface area (Å²) in [6, 6.07) is 4.30. The summed E-state index contributed by atoms with van der Waals surface area (Å²) in [4.78, 5) is 13.9. The standard InChI is InChI=1S/C14H19FN2O/c1-10-4-3-7-17(9-10)14(18)16-13-8-12(15)6-5-11(13)2/h5-6,8,10H,3-4,7,9H2,1-2H3,(H,16,18). The summed E-state index contributed by atoms with van der Waals surface area (Å²) in [5, 5.41) is 2.79. The number of carbonyl (C=O) groups excluding carboxylic acids is 1. The largest absolute Gasteiger partial charge is 0.324 e. The van der Waals surface area contributed by atoms with E-state index < -0.39 is 0 Å². The Kier molecular flexibility index (Phi) is 3.84. The third-order valence-corrected chi connectivity index (χ3v) is 3.39. The molecule has 0 saturated carbocycles. The van der Waals surface area contributed by atoms with Gasteiger partial charge in [0.2, 0.25) is 0 Å². The molecule has 1 aromatic carbocycles. The molecule has 0 aliphatic carbocycles. The van der Waals surface area contributed by atoms with Crippen molar-refractivity contribution in [3.05, 3.63) is 29.6 Å². The molecule has 1 atom stereocenters. The second kappa shape index (κ2) is 5.38. The van der Waals surface area contributed by atoms with E-state index in [0.717, 1.165) is 25.1 Å². The van der Waals surface area contributed by atoms with Crippen LogP contribution in [0.1, 0.15) is 25.3 Å². The Morgan fingerprint density at radius 1 is 1.50 bits per heavy atom. The Labute approximate surface area is 107 Å². The molecule has 4 heteroatoms. The van der Waals surface area contributed by atoms with Crippen molar-refractivity contribution in [3.63, 3.8) is 0 Å². The summed E-state index contributed by atoms with van der Waals surface area (Å²) < 4.78 is 13.1. The van der Waals surface area contributed by atoms with E-state index in [9.17, 15) is 9.18 Å². The van der Waals surface area contributed by atoms with Crippen molar-refractivity contribution in [2.24, 2.45) is 5.92 Å². The summed E-state index contributed by atoms with van der Waals surface area (Å²) in [5.74, 6) is 0.209. The number of urea groups is 1. The van der Waals surface area contributed by atoms with Crippen LogP contribution in [0.5, 0.6) is 0 Å². The smallest absolute Gasteiger partial charge is 0.321 e. The number of nitrogens with zero attached hydrogens (tertiary/aromatic N) is 1. The first-order valence-corrected chi connectivity index (χ1v) is 6.38. The Bertz CT molecular complexity index is 447. The highest BCUT2D eigenvalue weighted by Gasteiger charge is 2.21. The van der Waals surface area contributed by atoms with Gasteiger partial charge in [0.25, 0.3) is 0 Å². The molecule has 0 spiro atoms. The fourth-order valence-electron chi connectivity index (χ4n) is 2.30. The fraction of sp³-hybridized carbons (Fsp3) is 0.500. The molecule has 1 aliphatic rings. The van der Waals surface area contributed by atoms with Gasteiger partial charge in [0.05, 0.1) is 0 Å². The number of anilines is 1. The van der Waals surface area contributed by atoms with Gasteiger partial charge in [-0.25, -0.2) is 9.18 Å². The Hall–Kier alpha value is -1.58. The van der Waals surface area contributed by atoms with Crippen LogP contribution < -0.4 is 5.32 Å². The third kappa shape index (κ3) is 3.00. The number of hydrogen-bond acceptors (Lipinski definition) is 1. The maximum Gasteiger partial charge on any atom is 0.321 e. The van der Waals surface area contributed by atoms with Crippen LogP contribution in [0.15, 0.2) is 18.2 Å². The van der Waals surface area contributed by atoms with Gasteiger partial charge in [0.1, 0.15) is 5.82 Å². The summed E-state index contributed by atoms with van der Waals surface area (Å²) in [7, 11) is 0. The van der Waals surface area contributed by atoms with Crippen molar-refractivity contribution in [2.45, 2.75) is 26.7 Å². The average molecular weight is 250 g/mol. The van der Waals surface area contributed by atoms with Crippen molar-refractivity contribution in [2.75, 3.05) is 18.4 Å². The van der Waals surface area contributed by atoms with Gasteiger partial charge in [-0.3, -0.25) is 0 Å². The summed E-state index contributed by atoms with van der Waals surface area (Å²) in [6.07, 6.45) is 2.21. The van der Waals surface area contributed by atoms with Gasteiger partial charge in [-0.05, 0) is 43.4 Å². The molecule has 3 nitrogen and oxygen atoms in total. The topological polar surface area (TPSA) is 32.3 Å². The van der Waals surface area contributed by atoms with Crippen molar-refractivity contribution in [1.82, 2.24) is 4.90 Å². The molecule has 2 rings (SSSR count). The number of amides is 2. The summed E-state index contributed by atoms with van der Waals surface area (Å²) in [6.45, 7) is 5.56. The molecule has 18 heavy (non-hydrogen) atoms. The zero-order valence-electron chi connectivity index (χ0n) is 10.9. The molecule has 1 heterocycles. The van der Waals surface area contributed by atoms with Crippen LogP contribution in [0, 0.1) is 18.7 Å². The number of benzene rings is 1. The monoisotopic (exact) mass is 250 g/mol. The second-order valence-electron chi connectivity index (χ2n) is 5.08. The van der Waals surface area contributed by atoms with Gasteiger partial charge in [-0.2, -0.15) is 0 Å². The third-order valence-electron chi connectivity index (χ3n) is 3.39. The van der Waals surface area contributed by atoms with E-state index in [1.54, 1.807) is 11.0 Å². The van der Waals surface area contributed by atoms with E-state index in [-0.39, 0.29) is 11.8 Å². The quantitative estimate of drug-likeness (QED) is 0.814. The van der Waals surface area contributed by atoms with Gasteiger partial charge in [0.15, 0.2) is 0 Å². The molecule has 0 bridgehead atoms. The first-order chi connectivity index (χ1) is 8.56. The van der Waals surface area contributed by atoms with Crippen molar-refractivity contribution >= 4 is 11.7 Å². The van der Waals surface area contributed by atoms with Gasteiger partial charge in [-0.1, -0.05) is 13.0 Å². The van der Waals surface area contributed by atoms with E-state index in [4.69, 9.17) is 0 Å². The van der Waals surface area contributed by atoms with Crippen LogP contribution in [0.25, 0.3) is 0 Å². The molecule has 1 N–H and O–H groups in total. The first kappa shape index (κ1) is 12.9. The molecule has 1 aliphatic heterocycles. The molecule has 1 aromatic rings. The minimum Gasteiger partial charge on any atom is -0.324 e. The zero-order chi connectivity index (χ0) is 13.1. The molecule has 2 amide bonds. The van der Waals surface area contributed by atoms with Crippen molar-refractivity contribution in [1.29, 1.82) is 0 Å². The van der Waals surface area contributed by atoms with Crippen LogP contribution in [0.4, 0.5) is 14.9 Å². The van der Waals surface area contributed by atoms with Crippen LogP contribution in [0.2, 0.25) is 0 Å². The number of carbonyl (C=O) groups is 1. The fourth-order valence-corrected chi connectivity index (χ4v) is 2.30. The van der Waals surface area contributed by atoms with E-state index in [1.165, 1.54) is 18.6 Å². The highest BCUT2D eigenvalue weighted by atomic mass is 19.1. The van der Waals surface area contributed by atoms with E-state index >= 15 is 0 Å². The van der Waals surface area contributed by atoms with E-state index in [2.05, 4.69) is 12.2 Å². The number of halogens is 1. The maximum atomic E-state index is 13.1. The minimum absolute atomic E-state index is 0.129. The van der Waals surface area contributed by atoms with Crippen LogP contribution in [-0.2, 0) is 0 Å². The van der Waals surface area contributed by atoms with Gasteiger partial charge < -0.3 is 10.2 Å². The van der Waals surface area contributed by atoms with Crippen molar-refractivity contribution < 1.29 is 9.18 Å². The molecule has 0 radical (unpaired) electrons. The van der Waals surface area contributed by atoms with Gasteiger partial charge >= 0.3 is 6.03 Å². The summed E-state index contributed by atoms with van der Waals surface area (Å²) >= 11 is 0. The van der Waals surface area contributed by atoms with Crippen LogP contribution >= 0.6 is 0 Å². The summed E-state index contributed by atoms with van der Waals surface area (Å²) in [5.41, 5.74) is 1.42. The Morgan fingerprint density at radius 3 is 3.00 bits per heavy atom. The van der Waals surface area contributed by atoms with E-state index in [1.807, 2.05) is 6.92 Å². The Morgan fingerprint density at radius 2 is 2.28 bits per heavy atom. The second-order valence-corrected chi connectivity index (χ2v) is 5.08. The predicted molar refractivity (Wildman–Crippen MR) is 70.1 cm³/mol. The predicted octanol–water partition coefficient (Wildman–Crippen LogP) is 3.40. The first-order valence-electron chi connectivity index (χ1n) is 6.38. The van der Waals surface area contributed by atoms with Gasteiger partial charge in [-0.15, -0.1) is 0 Å². The molecule has 1 saturated heterocycles. The van der Waals surface area contributed by atoms with Gasteiger partial charge in [0, 0.05) is 18.8 Å². The zero-order valence-corrected chi connectivity index (χ0v) is 10.9. The lowest BCUT2D eigenvalue weighted by atomic mass is 10.0. The number of likely N-dealkylation sites (tertiary alicyclic amines) is 1. The number of aryl methyl sites for hydroxylation is 1. The average Bonchev–Trinajstić information content (AvgIpc) is 2.34. The van der Waals surface area contributed by atoms with Crippen LogP contribution in [0.3, 0.4) is 0 Å². The van der Waals surface area contributed by atoms with Crippen molar-refractivity contribution in [3.8, 4) is 0 Å². The molecule has 1 fully saturated rings. The molecular formula is C14H19FN2O. The normalized spacial score (nSPS) is 19.7. The lowest BCUT2D eigenvalue weighted by molar-refractivity contribution is 0.182. The molecule has 98 valence electrons. The maximum absolute atomic E-state index is 13.1. The number of hydrogen-bond donors (Lipinski definition) is 1. The minimum atomic E-state index is -0.331. The Balaban J connectivity index is 2.04. The number of rotatable bonds is 1. The SMILES string of the molecule is Cc1ccc(F)cc1NC(=O)N1CCCC(C)C1. The molecular weight excluding hydrogens is 231 g/mol.